The van der Waals surface area contributed by atoms with Gasteiger partial charge in [-0.2, -0.15) is 5.10 Å². The largest absolute Gasteiger partial charge is 0.497 e. The van der Waals surface area contributed by atoms with Crippen LogP contribution in [0.2, 0.25) is 0 Å². The molecule has 1 heterocycles. The second kappa shape index (κ2) is 11.6. The maximum absolute atomic E-state index is 13.5. The summed E-state index contributed by atoms with van der Waals surface area (Å²) in [5.41, 5.74) is 5.40. The Kier molecular flexibility index (Phi) is 7.77. The zero-order valence-corrected chi connectivity index (χ0v) is 22.4. The molecule has 2 unspecified atom stereocenters. The van der Waals surface area contributed by atoms with Crippen LogP contribution in [-0.4, -0.2) is 43.4 Å². The van der Waals surface area contributed by atoms with Crippen molar-refractivity contribution < 1.29 is 23.8 Å². The number of aryl methyl sites for hydroxylation is 1. The number of carbonyl (C=O) groups excluding carboxylic acids is 2. The summed E-state index contributed by atoms with van der Waals surface area (Å²) < 4.78 is 16.1. The standard InChI is InChI=1S/C32H32N2O5/c1-21-6-4-8-25(18-21)32(36)39-20-29(35)34-31(23-12-16-27(38-3)17-13-23)28-9-5-7-24(30(28)33-34)19-22-10-14-26(37-2)15-11-22/h4,6,8,10-19,28,31H,5,7,9,20H2,1-3H3. The lowest BCUT2D eigenvalue weighted by Gasteiger charge is -2.29. The molecule has 3 aromatic carbocycles. The van der Waals surface area contributed by atoms with Crippen LogP contribution < -0.4 is 9.47 Å². The summed E-state index contributed by atoms with van der Waals surface area (Å²) in [6.07, 6.45) is 4.91. The highest BCUT2D eigenvalue weighted by Crippen LogP contribution is 2.44. The van der Waals surface area contributed by atoms with E-state index in [1.54, 1.807) is 32.4 Å². The number of esters is 1. The van der Waals surface area contributed by atoms with Crippen molar-refractivity contribution in [3.8, 4) is 11.5 Å². The summed E-state index contributed by atoms with van der Waals surface area (Å²) in [7, 11) is 3.27. The molecule has 0 saturated heterocycles. The number of allylic oxidation sites excluding steroid dienone is 1. The van der Waals surface area contributed by atoms with Crippen LogP contribution in [0.25, 0.3) is 6.08 Å². The van der Waals surface area contributed by atoms with Crippen LogP contribution >= 0.6 is 0 Å². The van der Waals surface area contributed by atoms with Crippen LogP contribution in [0.15, 0.2) is 83.5 Å². The molecule has 1 aliphatic carbocycles. The van der Waals surface area contributed by atoms with E-state index in [0.29, 0.717) is 5.56 Å². The number of hydrogen-bond acceptors (Lipinski definition) is 6. The molecule has 5 rings (SSSR count). The average Bonchev–Trinajstić information content (AvgIpc) is 3.37. The van der Waals surface area contributed by atoms with Gasteiger partial charge in [0, 0.05) is 5.92 Å². The lowest BCUT2D eigenvalue weighted by atomic mass is 9.77. The Hall–Kier alpha value is -4.39. The van der Waals surface area contributed by atoms with Gasteiger partial charge in [0.1, 0.15) is 11.5 Å². The first-order valence-corrected chi connectivity index (χ1v) is 13.1. The Labute approximate surface area is 228 Å². The van der Waals surface area contributed by atoms with E-state index >= 15 is 0 Å². The number of rotatable bonds is 7. The van der Waals surface area contributed by atoms with Crippen LogP contribution in [-0.2, 0) is 9.53 Å². The van der Waals surface area contributed by atoms with Gasteiger partial charge >= 0.3 is 5.97 Å². The van der Waals surface area contributed by atoms with Gasteiger partial charge in [-0.1, -0.05) is 42.0 Å². The summed E-state index contributed by atoms with van der Waals surface area (Å²) >= 11 is 0. The SMILES string of the molecule is COc1ccc(C=C2CCCC3C2=NN(C(=O)COC(=O)c2cccc(C)c2)C3c2ccc(OC)cc2)cc1. The average molecular weight is 525 g/mol. The van der Waals surface area contributed by atoms with Crippen molar-refractivity contribution in [3.63, 3.8) is 0 Å². The molecule has 0 spiro atoms. The summed E-state index contributed by atoms with van der Waals surface area (Å²) in [6.45, 7) is 1.51. The van der Waals surface area contributed by atoms with Crippen molar-refractivity contribution >= 4 is 23.7 Å². The van der Waals surface area contributed by atoms with Gasteiger partial charge in [-0.05, 0) is 85.4 Å². The molecule has 0 aromatic heterocycles. The smallest absolute Gasteiger partial charge is 0.338 e. The van der Waals surface area contributed by atoms with Crippen LogP contribution in [0.1, 0.15) is 52.4 Å². The molecule has 0 N–H and O–H groups in total. The zero-order valence-electron chi connectivity index (χ0n) is 22.4. The lowest BCUT2D eigenvalue weighted by molar-refractivity contribution is -0.137. The van der Waals surface area contributed by atoms with Crippen LogP contribution in [0.5, 0.6) is 11.5 Å². The van der Waals surface area contributed by atoms with Crippen molar-refractivity contribution in [3.05, 3.63) is 101 Å². The highest BCUT2D eigenvalue weighted by atomic mass is 16.5. The van der Waals surface area contributed by atoms with E-state index in [1.165, 1.54) is 5.01 Å². The van der Waals surface area contributed by atoms with E-state index in [2.05, 4.69) is 6.08 Å². The van der Waals surface area contributed by atoms with Crippen LogP contribution in [0.3, 0.4) is 0 Å². The van der Waals surface area contributed by atoms with E-state index in [0.717, 1.165) is 58.7 Å². The molecule has 7 heteroatoms. The number of hydrazone groups is 1. The van der Waals surface area contributed by atoms with Gasteiger partial charge in [0.25, 0.3) is 5.91 Å². The van der Waals surface area contributed by atoms with E-state index < -0.39 is 5.97 Å². The minimum atomic E-state index is -0.530. The molecule has 1 amide bonds. The van der Waals surface area contributed by atoms with Crippen LogP contribution in [0, 0.1) is 12.8 Å². The molecule has 1 aliphatic heterocycles. The van der Waals surface area contributed by atoms with Gasteiger partial charge in [-0.3, -0.25) is 4.79 Å². The fourth-order valence-electron chi connectivity index (χ4n) is 5.29. The number of benzene rings is 3. The first-order valence-electron chi connectivity index (χ1n) is 13.1. The van der Waals surface area contributed by atoms with Crippen molar-refractivity contribution in [2.45, 2.75) is 32.2 Å². The molecular formula is C32H32N2O5. The summed E-state index contributed by atoms with van der Waals surface area (Å²) in [5, 5.41) is 6.38. The van der Waals surface area contributed by atoms with E-state index in [9.17, 15) is 9.59 Å². The lowest BCUT2D eigenvalue weighted by Crippen LogP contribution is -2.34. The highest BCUT2D eigenvalue weighted by Gasteiger charge is 2.43. The zero-order chi connectivity index (χ0) is 27.4. The number of hydrogen-bond donors (Lipinski definition) is 0. The third-order valence-electron chi connectivity index (χ3n) is 7.25. The quantitative estimate of drug-likeness (QED) is 0.355. The topological polar surface area (TPSA) is 77.4 Å². The first-order chi connectivity index (χ1) is 19.0. The van der Waals surface area contributed by atoms with E-state index in [4.69, 9.17) is 19.3 Å². The van der Waals surface area contributed by atoms with Crippen molar-refractivity contribution in [2.24, 2.45) is 11.0 Å². The van der Waals surface area contributed by atoms with Crippen molar-refractivity contribution in [1.29, 1.82) is 0 Å². The Morgan fingerprint density at radius 2 is 1.67 bits per heavy atom. The van der Waals surface area contributed by atoms with Gasteiger partial charge < -0.3 is 14.2 Å². The van der Waals surface area contributed by atoms with Gasteiger partial charge in [-0.15, -0.1) is 0 Å². The summed E-state index contributed by atoms with van der Waals surface area (Å²) in [6, 6.07) is 22.5. The highest BCUT2D eigenvalue weighted by molar-refractivity contribution is 6.08. The molecule has 7 nitrogen and oxygen atoms in total. The molecule has 0 bridgehead atoms. The summed E-state index contributed by atoms with van der Waals surface area (Å²) in [4.78, 5) is 26.1. The molecule has 1 saturated carbocycles. The predicted octanol–water partition coefficient (Wildman–Crippen LogP) is 5.99. The number of methoxy groups -OCH3 is 2. The second-order valence-electron chi connectivity index (χ2n) is 9.83. The molecule has 2 aliphatic rings. The minimum absolute atomic E-state index is 0.0352. The maximum Gasteiger partial charge on any atom is 0.338 e. The number of fused-ring (bicyclic) bond motifs is 1. The Bertz CT molecular complexity index is 1410. The monoisotopic (exact) mass is 524 g/mol. The number of nitrogens with zero attached hydrogens (tertiary/aromatic N) is 2. The minimum Gasteiger partial charge on any atom is -0.497 e. The van der Waals surface area contributed by atoms with Gasteiger partial charge in [0.05, 0.1) is 31.5 Å². The molecule has 3 aromatic rings. The van der Waals surface area contributed by atoms with E-state index in [1.807, 2.05) is 61.5 Å². The molecule has 1 fully saturated rings. The van der Waals surface area contributed by atoms with Crippen molar-refractivity contribution in [2.75, 3.05) is 20.8 Å². The summed E-state index contributed by atoms with van der Waals surface area (Å²) in [5.74, 6) is 0.688. The first kappa shape index (κ1) is 26.2. The predicted molar refractivity (Wildman–Crippen MR) is 150 cm³/mol. The molecule has 2 atom stereocenters. The number of ether oxygens (including phenoxy) is 3. The second-order valence-corrected chi connectivity index (χ2v) is 9.83. The maximum atomic E-state index is 13.5. The molecule has 39 heavy (non-hydrogen) atoms. The molecular weight excluding hydrogens is 492 g/mol. The number of amides is 1. The van der Waals surface area contributed by atoms with Gasteiger partial charge in [0.15, 0.2) is 6.61 Å². The Morgan fingerprint density at radius 3 is 2.33 bits per heavy atom. The van der Waals surface area contributed by atoms with E-state index in [-0.39, 0.29) is 24.5 Å². The Morgan fingerprint density at radius 1 is 0.974 bits per heavy atom. The normalized spacial score (nSPS) is 19.3. The molecule has 200 valence electrons. The Balaban J connectivity index is 1.43. The fraction of sp³-hybridized carbons (Fsp3) is 0.281. The third kappa shape index (κ3) is 5.72. The van der Waals surface area contributed by atoms with Crippen molar-refractivity contribution in [1.82, 2.24) is 5.01 Å². The number of carbonyl (C=O) groups is 2. The van der Waals surface area contributed by atoms with Crippen LogP contribution in [0.4, 0.5) is 0 Å². The van der Waals surface area contributed by atoms with Gasteiger partial charge in [-0.25, -0.2) is 9.80 Å². The molecule has 0 radical (unpaired) electrons. The fourth-order valence-corrected chi connectivity index (χ4v) is 5.29. The third-order valence-corrected chi connectivity index (χ3v) is 7.25. The van der Waals surface area contributed by atoms with Gasteiger partial charge in [0.2, 0.25) is 0 Å².